The lowest BCUT2D eigenvalue weighted by atomic mass is 10.1. The van der Waals surface area contributed by atoms with Gasteiger partial charge in [0.1, 0.15) is 11.8 Å². The summed E-state index contributed by atoms with van der Waals surface area (Å²) >= 11 is 0. The highest BCUT2D eigenvalue weighted by atomic mass is 19.3. The van der Waals surface area contributed by atoms with E-state index in [-0.39, 0.29) is 17.3 Å². The highest BCUT2D eigenvalue weighted by Gasteiger charge is 2.17. The highest BCUT2D eigenvalue weighted by molar-refractivity contribution is 6.03. The van der Waals surface area contributed by atoms with Crippen LogP contribution in [0.1, 0.15) is 23.3 Å². The number of carbonyl (C=O) groups is 2. The maximum absolute atomic E-state index is 12.3. The molecule has 0 aliphatic rings. The van der Waals surface area contributed by atoms with Crippen molar-refractivity contribution < 1.29 is 28.2 Å². The number of hydrogen-bond acceptors (Lipinski definition) is 6. The molecular formula is C18H15F2N5O4. The molecule has 3 aromatic rings. The third kappa shape index (κ3) is 4.89. The quantitative estimate of drug-likeness (QED) is 0.622. The van der Waals surface area contributed by atoms with Gasteiger partial charge in [0.25, 0.3) is 5.91 Å². The molecule has 0 fully saturated rings. The lowest BCUT2D eigenvalue weighted by Gasteiger charge is -2.07. The van der Waals surface area contributed by atoms with Crippen LogP contribution in [0.2, 0.25) is 0 Å². The molecule has 1 unspecified atom stereocenters. The van der Waals surface area contributed by atoms with Gasteiger partial charge in [-0.25, -0.2) is 14.8 Å². The SMILES string of the molecule is CC(C(=O)O)n1cc(C(=O)Nc2nccc(-c3ccc(OC(F)F)cc3)n2)cn1. The first kappa shape index (κ1) is 19.9. The van der Waals surface area contributed by atoms with Crippen LogP contribution in [0.3, 0.4) is 0 Å². The number of aromatic nitrogens is 4. The number of carboxylic acids is 1. The van der Waals surface area contributed by atoms with Gasteiger partial charge in [-0.05, 0) is 37.3 Å². The van der Waals surface area contributed by atoms with Crippen LogP contribution >= 0.6 is 0 Å². The first-order valence-electron chi connectivity index (χ1n) is 8.30. The van der Waals surface area contributed by atoms with Crippen LogP contribution in [0, 0.1) is 0 Å². The maximum Gasteiger partial charge on any atom is 0.387 e. The normalized spacial score (nSPS) is 11.9. The van der Waals surface area contributed by atoms with E-state index in [1.807, 2.05) is 0 Å². The third-order valence-corrected chi connectivity index (χ3v) is 3.87. The molecule has 150 valence electrons. The number of anilines is 1. The standard InChI is InChI=1S/C18H15F2N5O4/c1-10(16(27)28)25-9-12(8-22-25)15(26)24-18-21-7-6-14(23-18)11-2-4-13(5-3-11)29-17(19)20/h2-10,17H,1H3,(H,27,28)(H,21,23,24,26). The van der Waals surface area contributed by atoms with Crippen molar-refractivity contribution in [2.24, 2.45) is 0 Å². The van der Waals surface area contributed by atoms with Gasteiger partial charge in [-0.15, -0.1) is 0 Å². The van der Waals surface area contributed by atoms with E-state index in [0.717, 1.165) is 4.68 Å². The van der Waals surface area contributed by atoms with E-state index >= 15 is 0 Å². The predicted molar refractivity (Wildman–Crippen MR) is 96.6 cm³/mol. The summed E-state index contributed by atoms with van der Waals surface area (Å²) in [7, 11) is 0. The van der Waals surface area contributed by atoms with Gasteiger partial charge in [0, 0.05) is 18.0 Å². The summed E-state index contributed by atoms with van der Waals surface area (Å²) in [6.45, 7) is -1.48. The van der Waals surface area contributed by atoms with E-state index in [2.05, 4.69) is 25.1 Å². The Morgan fingerprint density at radius 1 is 1.21 bits per heavy atom. The molecule has 3 rings (SSSR count). The summed E-state index contributed by atoms with van der Waals surface area (Å²) in [4.78, 5) is 31.5. The number of alkyl halides is 2. The van der Waals surface area contributed by atoms with E-state index < -0.39 is 24.5 Å². The molecule has 9 nitrogen and oxygen atoms in total. The number of halogens is 2. The van der Waals surface area contributed by atoms with Crippen molar-refractivity contribution in [2.75, 3.05) is 5.32 Å². The van der Waals surface area contributed by atoms with Crippen LogP contribution < -0.4 is 10.1 Å². The predicted octanol–water partition coefficient (Wildman–Crippen LogP) is 2.84. The molecular weight excluding hydrogens is 388 g/mol. The average Bonchev–Trinajstić information content (AvgIpc) is 3.18. The molecule has 0 aliphatic carbocycles. The summed E-state index contributed by atoms with van der Waals surface area (Å²) in [5.74, 6) is -1.62. The topological polar surface area (TPSA) is 119 Å². The fourth-order valence-corrected chi connectivity index (χ4v) is 2.34. The Morgan fingerprint density at radius 3 is 2.59 bits per heavy atom. The summed E-state index contributed by atoms with van der Waals surface area (Å²) in [5.41, 5.74) is 1.20. The Balaban J connectivity index is 1.73. The van der Waals surface area contributed by atoms with Crippen LogP contribution in [0.4, 0.5) is 14.7 Å². The zero-order chi connectivity index (χ0) is 21.0. The Kier molecular flexibility index (Phi) is 5.77. The summed E-state index contributed by atoms with van der Waals surface area (Å²) in [5, 5.41) is 15.4. The zero-order valence-electron chi connectivity index (χ0n) is 15.0. The molecule has 0 spiro atoms. The minimum atomic E-state index is -2.91. The Morgan fingerprint density at radius 2 is 1.93 bits per heavy atom. The van der Waals surface area contributed by atoms with Gasteiger partial charge in [-0.3, -0.25) is 14.8 Å². The second-order valence-corrected chi connectivity index (χ2v) is 5.85. The zero-order valence-corrected chi connectivity index (χ0v) is 15.0. The number of rotatable bonds is 7. The molecule has 2 heterocycles. The molecule has 0 saturated carbocycles. The number of carboxylic acid groups (broad SMARTS) is 1. The second kappa shape index (κ2) is 8.42. The number of aliphatic carboxylic acids is 1. The van der Waals surface area contributed by atoms with E-state index in [9.17, 15) is 18.4 Å². The van der Waals surface area contributed by atoms with Crippen LogP contribution in [0.5, 0.6) is 5.75 Å². The Hall–Kier alpha value is -3.89. The minimum Gasteiger partial charge on any atom is -0.480 e. The molecule has 29 heavy (non-hydrogen) atoms. The van der Waals surface area contributed by atoms with Crippen molar-refractivity contribution >= 4 is 17.8 Å². The number of amides is 1. The number of benzene rings is 1. The van der Waals surface area contributed by atoms with E-state index in [1.165, 1.54) is 37.6 Å². The van der Waals surface area contributed by atoms with Gasteiger partial charge in [0.15, 0.2) is 0 Å². The lowest BCUT2D eigenvalue weighted by molar-refractivity contribution is -0.140. The van der Waals surface area contributed by atoms with E-state index in [0.29, 0.717) is 11.3 Å². The number of ether oxygens (including phenoxy) is 1. The fraction of sp³-hybridized carbons (Fsp3) is 0.167. The maximum atomic E-state index is 12.3. The molecule has 0 saturated heterocycles. The van der Waals surface area contributed by atoms with E-state index in [1.54, 1.807) is 18.2 Å². The number of nitrogens with zero attached hydrogens (tertiary/aromatic N) is 4. The van der Waals surface area contributed by atoms with Crippen LogP contribution in [0.15, 0.2) is 48.9 Å². The van der Waals surface area contributed by atoms with Gasteiger partial charge < -0.3 is 9.84 Å². The number of carbonyl (C=O) groups excluding carboxylic acids is 1. The monoisotopic (exact) mass is 403 g/mol. The van der Waals surface area contributed by atoms with Gasteiger partial charge in [0.05, 0.1) is 17.5 Å². The van der Waals surface area contributed by atoms with Crippen molar-refractivity contribution in [2.45, 2.75) is 19.6 Å². The lowest BCUT2D eigenvalue weighted by Crippen LogP contribution is -2.16. The van der Waals surface area contributed by atoms with Gasteiger partial charge in [-0.2, -0.15) is 13.9 Å². The molecule has 1 amide bonds. The van der Waals surface area contributed by atoms with Crippen molar-refractivity contribution in [1.82, 2.24) is 19.7 Å². The van der Waals surface area contributed by atoms with Gasteiger partial charge in [0.2, 0.25) is 5.95 Å². The molecule has 0 radical (unpaired) electrons. The first-order valence-corrected chi connectivity index (χ1v) is 8.30. The van der Waals surface area contributed by atoms with Gasteiger partial charge >= 0.3 is 12.6 Å². The molecule has 1 aromatic carbocycles. The van der Waals surface area contributed by atoms with Crippen molar-refractivity contribution in [3.8, 4) is 17.0 Å². The Labute approximate surface area is 163 Å². The highest BCUT2D eigenvalue weighted by Crippen LogP contribution is 2.22. The smallest absolute Gasteiger partial charge is 0.387 e. The summed E-state index contributed by atoms with van der Waals surface area (Å²) in [6, 6.07) is 6.50. The summed E-state index contributed by atoms with van der Waals surface area (Å²) < 4.78 is 29.9. The molecule has 0 bridgehead atoms. The average molecular weight is 403 g/mol. The van der Waals surface area contributed by atoms with Crippen molar-refractivity contribution in [1.29, 1.82) is 0 Å². The second-order valence-electron chi connectivity index (χ2n) is 5.85. The minimum absolute atomic E-state index is 0.0129. The number of hydrogen-bond donors (Lipinski definition) is 2. The van der Waals surface area contributed by atoms with Gasteiger partial charge in [-0.1, -0.05) is 0 Å². The van der Waals surface area contributed by atoms with Crippen molar-refractivity contribution in [3.63, 3.8) is 0 Å². The number of nitrogens with one attached hydrogen (secondary N) is 1. The summed E-state index contributed by atoms with van der Waals surface area (Å²) in [6.07, 6.45) is 3.97. The first-order chi connectivity index (χ1) is 13.8. The molecule has 2 N–H and O–H groups in total. The van der Waals surface area contributed by atoms with Crippen LogP contribution in [0.25, 0.3) is 11.3 Å². The molecule has 1 atom stereocenters. The fourth-order valence-electron chi connectivity index (χ4n) is 2.34. The third-order valence-electron chi connectivity index (χ3n) is 3.87. The Bertz CT molecular complexity index is 1020. The van der Waals surface area contributed by atoms with Crippen molar-refractivity contribution in [3.05, 3.63) is 54.5 Å². The molecule has 11 heteroatoms. The largest absolute Gasteiger partial charge is 0.480 e. The van der Waals surface area contributed by atoms with Crippen LogP contribution in [-0.2, 0) is 4.79 Å². The van der Waals surface area contributed by atoms with Crippen LogP contribution in [-0.4, -0.2) is 43.3 Å². The molecule has 0 aliphatic heterocycles. The molecule has 2 aromatic heterocycles. The van der Waals surface area contributed by atoms with E-state index in [4.69, 9.17) is 5.11 Å².